The molecular formula is C47H88F2N2O3S. The molecule has 1 fully saturated rings. The molecular weight excluding hydrogens is 711 g/mol. The van der Waals surface area contributed by atoms with E-state index in [9.17, 15) is 23.2 Å². The van der Waals surface area contributed by atoms with Gasteiger partial charge in [0.1, 0.15) is 23.7 Å². The van der Waals surface area contributed by atoms with Crippen molar-refractivity contribution in [1.82, 2.24) is 9.80 Å². The molecule has 1 aliphatic carbocycles. The Kier molecular flexibility index (Phi) is 33.7. The van der Waals surface area contributed by atoms with E-state index < -0.39 is 11.6 Å². The molecule has 0 heterocycles. The lowest BCUT2D eigenvalue weighted by atomic mass is 9.74. The predicted molar refractivity (Wildman–Crippen MR) is 238 cm³/mol. The molecule has 1 aliphatic rings. The van der Waals surface area contributed by atoms with Crippen molar-refractivity contribution in [2.24, 2.45) is 22.7 Å². The molecule has 1 saturated carbocycles. The van der Waals surface area contributed by atoms with E-state index in [1.165, 1.54) is 31.7 Å². The number of hydrogen-bond acceptors (Lipinski definition) is 5. The van der Waals surface area contributed by atoms with Gasteiger partial charge >= 0.3 is 0 Å². The predicted octanol–water partition coefficient (Wildman–Crippen LogP) is 13.8. The fraction of sp³-hybridized carbons (Fsp3) is 0.809. The quantitative estimate of drug-likeness (QED) is 0.123. The molecule has 1 aromatic carbocycles. The van der Waals surface area contributed by atoms with Gasteiger partial charge in [0.2, 0.25) is 5.91 Å². The zero-order valence-corrected chi connectivity index (χ0v) is 39.7. The van der Waals surface area contributed by atoms with Gasteiger partial charge in [0.05, 0.1) is 0 Å². The van der Waals surface area contributed by atoms with Crippen LogP contribution in [0.1, 0.15) is 192 Å². The third-order valence-electron chi connectivity index (χ3n) is 10.1. The number of amides is 1. The maximum absolute atomic E-state index is 13.6. The van der Waals surface area contributed by atoms with Gasteiger partial charge < -0.3 is 14.6 Å². The van der Waals surface area contributed by atoms with Gasteiger partial charge in [0.15, 0.2) is 0 Å². The van der Waals surface area contributed by atoms with E-state index in [4.69, 9.17) is 0 Å². The molecule has 3 unspecified atom stereocenters. The van der Waals surface area contributed by atoms with E-state index in [1.54, 1.807) is 13.0 Å². The van der Waals surface area contributed by atoms with Gasteiger partial charge in [-0.2, -0.15) is 0 Å². The Balaban J connectivity index is -0.000000694. The molecule has 324 valence electrons. The first kappa shape index (κ1) is 57.5. The van der Waals surface area contributed by atoms with Crippen molar-refractivity contribution >= 4 is 29.7 Å². The van der Waals surface area contributed by atoms with Crippen LogP contribution in [-0.2, 0) is 14.4 Å². The number of nitrogens with zero attached hydrogens (tertiary/aromatic N) is 2. The molecule has 3 atom stereocenters. The maximum Gasteiger partial charge on any atom is 0.228 e. The van der Waals surface area contributed by atoms with Crippen molar-refractivity contribution in [3.8, 4) is 0 Å². The summed E-state index contributed by atoms with van der Waals surface area (Å²) in [5.74, 6) is 1.56. The molecule has 2 rings (SSSR count). The molecule has 0 aromatic heterocycles. The molecule has 0 radical (unpaired) electrons. The highest BCUT2D eigenvalue weighted by Crippen LogP contribution is 2.39. The fourth-order valence-electron chi connectivity index (χ4n) is 5.99. The lowest BCUT2D eigenvalue weighted by molar-refractivity contribution is -0.146. The van der Waals surface area contributed by atoms with E-state index in [0.29, 0.717) is 29.0 Å². The van der Waals surface area contributed by atoms with Gasteiger partial charge in [-0.25, -0.2) is 8.78 Å². The molecule has 0 saturated heterocycles. The highest BCUT2D eigenvalue weighted by atomic mass is 32.2. The average Bonchev–Trinajstić information content (AvgIpc) is 3.10. The minimum atomic E-state index is -0.494. The first-order chi connectivity index (χ1) is 25.5. The second kappa shape index (κ2) is 32.2. The molecule has 0 aliphatic heterocycles. The number of aldehydes is 1. The number of hydrogen-bond donors (Lipinski definition) is 0. The Morgan fingerprint density at radius 1 is 0.909 bits per heavy atom. The van der Waals surface area contributed by atoms with E-state index in [1.807, 2.05) is 39.5 Å². The van der Waals surface area contributed by atoms with Crippen LogP contribution >= 0.6 is 11.8 Å². The van der Waals surface area contributed by atoms with Crippen LogP contribution in [0.5, 0.6) is 0 Å². The molecule has 8 heteroatoms. The van der Waals surface area contributed by atoms with Gasteiger partial charge in [0, 0.05) is 41.3 Å². The highest BCUT2D eigenvalue weighted by molar-refractivity contribution is 7.98. The van der Waals surface area contributed by atoms with E-state index in [2.05, 4.69) is 92.5 Å². The summed E-state index contributed by atoms with van der Waals surface area (Å²) in [5.41, 5.74) is 0.866. The molecule has 5 nitrogen and oxygen atoms in total. The van der Waals surface area contributed by atoms with E-state index in [0.717, 1.165) is 76.0 Å². The summed E-state index contributed by atoms with van der Waals surface area (Å²) >= 11 is 1.84. The standard InChI is InChI=1S/C19H37NO.C14H20F2.2C5H10O.C4H11NS/c1-8-10-15(9-2)20(17(21)18(3,4)5)16-11-13-19(6,7)14-12-16;1-3-5-7-11(6-4-2)13-9-8-12(15)10-14(13)16;1-4(2)5(3)6;1-3-5(2)4-6;1-5(2)4-6-3/h15-16H,8-14H2,1-7H3;8-11H,3-7H2,1-2H3;4H,1-3H3;4-5H,3H2,1-2H3;4H2,1-3H3. The van der Waals surface area contributed by atoms with Crippen LogP contribution in [0.25, 0.3) is 0 Å². The van der Waals surface area contributed by atoms with Crippen LogP contribution in [0, 0.1) is 34.3 Å². The van der Waals surface area contributed by atoms with Crippen LogP contribution < -0.4 is 0 Å². The first-order valence-electron chi connectivity index (χ1n) is 21.4. The highest BCUT2D eigenvalue weighted by Gasteiger charge is 2.38. The number of carbonyl (C=O) groups excluding carboxylic acids is 3. The summed E-state index contributed by atoms with van der Waals surface area (Å²) in [6.45, 7) is 28.9. The van der Waals surface area contributed by atoms with Crippen molar-refractivity contribution in [2.45, 2.75) is 198 Å². The summed E-state index contributed by atoms with van der Waals surface area (Å²) in [7, 11) is 4.13. The molecule has 1 amide bonds. The van der Waals surface area contributed by atoms with Crippen molar-refractivity contribution in [2.75, 3.05) is 26.2 Å². The van der Waals surface area contributed by atoms with Gasteiger partial charge in [-0.15, -0.1) is 11.8 Å². The molecule has 55 heavy (non-hydrogen) atoms. The second-order valence-electron chi connectivity index (χ2n) is 17.8. The van der Waals surface area contributed by atoms with E-state index in [-0.39, 0.29) is 29.0 Å². The molecule has 0 bridgehead atoms. The van der Waals surface area contributed by atoms with Crippen molar-refractivity contribution in [1.29, 1.82) is 0 Å². The molecule has 1 aromatic rings. The van der Waals surface area contributed by atoms with Crippen LogP contribution in [-0.4, -0.2) is 66.1 Å². The number of halogens is 2. The summed E-state index contributed by atoms with van der Waals surface area (Å²) in [5, 5.41) is 0. The van der Waals surface area contributed by atoms with Crippen molar-refractivity contribution in [3.63, 3.8) is 0 Å². The van der Waals surface area contributed by atoms with Crippen molar-refractivity contribution in [3.05, 3.63) is 35.4 Å². The minimum Gasteiger partial charge on any atom is -0.336 e. The zero-order chi connectivity index (χ0) is 43.4. The Morgan fingerprint density at radius 3 is 1.75 bits per heavy atom. The van der Waals surface area contributed by atoms with Crippen LogP contribution in [0.3, 0.4) is 0 Å². The molecule has 0 spiro atoms. The number of ketones is 1. The third-order valence-corrected chi connectivity index (χ3v) is 10.9. The van der Waals surface area contributed by atoms with Crippen LogP contribution in [0.15, 0.2) is 18.2 Å². The van der Waals surface area contributed by atoms with Gasteiger partial charge in [-0.3, -0.25) is 9.59 Å². The van der Waals surface area contributed by atoms with Gasteiger partial charge in [-0.05, 0) is 108 Å². The summed E-state index contributed by atoms with van der Waals surface area (Å²) in [6.07, 6.45) is 17.5. The topological polar surface area (TPSA) is 57.7 Å². The lowest BCUT2D eigenvalue weighted by Gasteiger charge is -2.45. The average molecular weight is 799 g/mol. The number of unbranched alkanes of at least 4 members (excludes halogenated alkanes) is 1. The van der Waals surface area contributed by atoms with Gasteiger partial charge in [-0.1, -0.05) is 122 Å². The Morgan fingerprint density at radius 2 is 1.44 bits per heavy atom. The summed E-state index contributed by atoms with van der Waals surface area (Å²) < 4.78 is 26.4. The first-order valence-corrected chi connectivity index (χ1v) is 22.8. The number of carbonyl (C=O) groups is 3. The lowest BCUT2D eigenvalue weighted by Crippen LogP contribution is -2.52. The SMILES string of the molecule is CC(=O)C(C)C.CCC(C)C=O.CCCC(CC)N(C(=O)C(C)(C)C)C1CCC(C)(C)CC1.CCCCC(CCC)c1ccc(F)cc1F.CSCN(C)C. The second-order valence-corrected chi connectivity index (χ2v) is 18.6. The molecule has 0 N–H and O–H groups in total. The fourth-order valence-corrected chi connectivity index (χ4v) is 6.51. The smallest absolute Gasteiger partial charge is 0.228 e. The number of Topliss-reactive ketones (excluding diaryl/α,β-unsaturated/α-hetero) is 1. The monoisotopic (exact) mass is 799 g/mol. The minimum absolute atomic E-state index is 0.213. The number of benzene rings is 1. The normalized spacial score (nSPS) is 15.4. The maximum atomic E-state index is 13.6. The third kappa shape index (κ3) is 28.3. The number of rotatable bonds is 16. The number of thioether (sulfide) groups is 1. The zero-order valence-electron chi connectivity index (χ0n) is 38.9. The summed E-state index contributed by atoms with van der Waals surface area (Å²) in [6, 6.07) is 4.83. The van der Waals surface area contributed by atoms with Gasteiger partial charge in [0.25, 0.3) is 0 Å². The summed E-state index contributed by atoms with van der Waals surface area (Å²) in [4.78, 5) is 37.3. The Bertz CT molecular complexity index is 1130. The van der Waals surface area contributed by atoms with Crippen molar-refractivity contribution < 1.29 is 23.2 Å². The Hall–Kier alpha value is -1.80. The largest absolute Gasteiger partial charge is 0.336 e. The van der Waals surface area contributed by atoms with E-state index >= 15 is 0 Å². The van der Waals surface area contributed by atoms with Crippen LogP contribution in [0.2, 0.25) is 0 Å². The van der Waals surface area contributed by atoms with Crippen LogP contribution in [0.4, 0.5) is 8.78 Å². The Labute approximate surface area is 344 Å².